The first kappa shape index (κ1) is 27.3. The molecule has 0 aliphatic carbocycles. The normalized spacial score (nSPS) is 26.1. The van der Waals surface area contributed by atoms with E-state index in [1.807, 2.05) is 0 Å². The van der Waals surface area contributed by atoms with Crippen LogP contribution in [0.1, 0.15) is 0 Å². The number of nitrogens with one attached hydrogen (secondary N) is 1. The molecule has 8 N–H and O–H groups in total. The van der Waals surface area contributed by atoms with E-state index in [0.29, 0.717) is 6.08 Å². The topological polar surface area (TPSA) is 284 Å². The number of hydrogen-bond donors (Lipinski definition) is 8. The second-order valence-corrected chi connectivity index (χ2v) is 8.13. The zero-order valence-electron chi connectivity index (χ0n) is 15.0. The molecular formula is C12H19NO16S2. The van der Waals surface area contributed by atoms with E-state index in [4.69, 9.17) is 28.8 Å². The molecule has 0 aromatic carbocycles. The van der Waals surface area contributed by atoms with Crippen molar-refractivity contribution in [3.8, 4) is 0 Å². The van der Waals surface area contributed by atoms with E-state index in [-0.39, 0.29) is 6.29 Å². The fourth-order valence-electron chi connectivity index (χ4n) is 2.32. The summed E-state index contributed by atoms with van der Waals surface area (Å²) in [4.78, 5) is 22.2. The number of aldehydes is 1. The maximum Gasteiger partial charge on any atom is 0.397 e. The second kappa shape index (κ2) is 10.7. The summed E-state index contributed by atoms with van der Waals surface area (Å²) in [6, 6.07) is -2.20. The van der Waals surface area contributed by atoms with Crippen molar-refractivity contribution in [2.45, 2.75) is 42.9 Å². The Bertz CT molecular complexity index is 884. The fraction of sp³-hybridized carbons (Fsp3) is 0.667. The van der Waals surface area contributed by atoms with Crippen molar-refractivity contribution >= 4 is 33.0 Å². The highest BCUT2D eigenvalue weighted by Crippen LogP contribution is 2.26. The van der Waals surface area contributed by atoms with Crippen LogP contribution >= 0.6 is 0 Å². The molecule has 0 saturated heterocycles. The monoisotopic (exact) mass is 497 g/mol. The molecule has 180 valence electrons. The van der Waals surface area contributed by atoms with Crippen LogP contribution in [0, 0.1) is 0 Å². The van der Waals surface area contributed by atoms with E-state index < -0.39 is 81.9 Å². The van der Waals surface area contributed by atoms with E-state index in [1.54, 1.807) is 0 Å². The number of carboxylic acids is 1. The van der Waals surface area contributed by atoms with Crippen molar-refractivity contribution in [2.24, 2.45) is 0 Å². The van der Waals surface area contributed by atoms with E-state index in [1.165, 1.54) is 4.72 Å². The highest BCUT2D eigenvalue weighted by molar-refractivity contribution is 7.83. The standard InChI is InChI=1S/C12H19NO16S2/c14-2-4(13-30(21,22)23)8(18)9(6(17)3-15)28-12-10(29-31(24,25)26)5(16)1-7(27-12)11(19)20/h1-2,4-6,8-10,12-13,15-18H,3H2,(H,19,20)(H,21,22,23)(H,24,25,26)/t4-,5-,6-,8-,9+,10+,12-/m0/s1. The highest BCUT2D eigenvalue weighted by atomic mass is 32.3. The van der Waals surface area contributed by atoms with Crippen molar-refractivity contribution in [1.82, 2.24) is 4.72 Å². The fourth-order valence-corrected chi connectivity index (χ4v) is 3.35. The predicted molar refractivity (Wildman–Crippen MR) is 91.5 cm³/mol. The van der Waals surface area contributed by atoms with Gasteiger partial charge in [0.15, 0.2) is 6.10 Å². The number of aliphatic hydroxyl groups is 4. The zero-order chi connectivity index (χ0) is 24.1. The van der Waals surface area contributed by atoms with E-state index >= 15 is 0 Å². The minimum Gasteiger partial charge on any atom is -0.475 e. The smallest absolute Gasteiger partial charge is 0.397 e. The van der Waals surface area contributed by atoms with Crippen LogP contribution in [0.25, 0.3) is 0 Å². The third-order valence-corrected chi connectivity index (χ3v) is 4.64. The Morgan fingerprint density at radius 1 is 1.26 bits per heavy atom. The lowest BCUT2D eigenvalue weighted by Gasteiger charge is -2.37. The molecule has 0 aromatic heterocycles. The Morgan fingerprint density at radius 3 is 2.26 bits per heavy atom. The van der Waals surface area contributed by atoms with Crippen LogP contribution in [-0.4, -0.2) is 113 Å². The van der Waals surface area contributed by atoms with Crippen LogP contribution in [0.5, 0.6) is 0 Å². The molecule has 0 bridgehead atoms. The van der Waals surface area contributed by atoms with Crippen LogP contribution < -0.4 is 4.72 Å². The summed E-state index contributed by atoms with van der Waals surface area (Å²) in [5.74, 6) is -2.82. The van der Waals surface area contributed by atoms with Crippen molar-refractivity contribution < 1.29 is 74.7 Å². The van der Waals surface area contributed by atoms with Gasteiger partial charge >= 0.3 is 26.7 Å². The number of ether oxygens (including phenoxy) is 2. The SMILES string of the molecule is O=C[C@H](NS(=O)(=O)O)[C@H](O)[C@H](O[C@@H]1OC(C(=O)O)=C[C@H](O)[C@H]1OS(=O)(=O)O)[C@@H](O)CO. The lowest BCUT2D eigenvalue weighted by Crippen LogP contribution is -2.57. The van der Waals surface area contributed by atoms with E-state index in [9.17, 15) is 41.7 Å². The van der Waals surface area contributed by atoms with Crippen molar-refractivity contribution in [2.75, 3.05) is 6.61 Å². The number of carboxylic acid groups (broad SMARTS) is 1. The molecule has 1 aliphatic heterocycles. The molecule has 0 spiro atoms. The molecule has 0 amide bonds. The predicted octanol–water partition coefficient (Wildman–Crippen LogP) is -5.08. The minimum atomic E-state index is -5.31. The van der Waals surface area contributed by atoms with Gasteiger partial charge in [0.1, 0.15) is 36.7 Å². The third-order valence-electron chi connectivity index (χ3n) is 3.61. The average molecular weight is 497 g/mol. The van der Waals surface area contributed by atoms with Gasteiger partial charge in [-0.1, -0.05) is 0 Å². The van der Waals surface area contributed by atoms with Crippen molar-refractivity contribution in [3.05, 3.63) is 11.8 Å². The lowest BCUT2D eigenvalue weighted by atomic mass is 10.0. The maximum absolute atomic E-state index is 11.1. The highest BCUT2D eigenvalue weighted by Gasteiger charge is 2.45. The molecule has 17 nitrogen and oxygen atoms in total. The second-order valence-electron chi connectivity index (χ2n) is 5.90. The molecule has 0 saturated carbocycles. The molecule has 1 aliphatic rings. The summed E-state index contributed by atoms with van der Waals surface area (Å²) in [5, 5.41) is 48.1. The molecule has 0 aromatic rings. The number of carbonyl (C=O) groups is 2. The Morgan fingerprint density at radius 2 is 1.84 bits per heavy atom. The summed E-state index contributed by atoms with van der Waals surface area (Å²) >= 11 is 0. The number of hydrogen-bond acceptors (Lipinski definition) is 13. The third kappa shape index (κ3) is 8.34. The van der Waals surface area contributed by atoms with Crippen LogP contribution in [-0.2, 0) is 43.9 Å². The van der Waals surface area contributed by atoms with Gasteiger partial charge in [0.05, 0.1) is 6.61 Å². The Hall–Kier alpha value is -1.78. The van der Waals surface area contributed by atoms with Gasteiger partial charge in [-0.15, -0.1) is 0 Å². The quantitative estimate of drug-likeness (QED) is 0.0924. The number of rotatable bonds is 12. The summed E-state index contributed by atoms with van der Waals surface area (Å²) in [6.07, 6.45) is -13.3. The maximum atomic E-state index is 11.1. The van der Waals surface area contributed by atoms with Crippen molar-refractivity contribution in [1.29, 1.82) is 0 Å². The molecule has 31 heavy (non-hydrogen) atoms. The van der Waals surface area contributed by atoms with Crippen molar-refractivity contribution in [3.63, 3.8) is 0 Å². The van der Waals surface area contributed by atoms with Gasteiger partial charge in [0.2, 0.25) is 12.0 Å². The Balaban J connectivity index is 3.31. The van der Waals surface area contributed by atoms with Gasteiger partial charge in [-0.25, -0.2) is 8.98 Å². The van der Waals surface area contributed by atoms with E-state index in [0.717, 1.165) is 0 Å². The molecule has 1 heterocycles. The largest absolute Gasteiger partial charge is 0.475 e. The Labute approximate surface area is 174 Å². The van der Waals surface area contributed by atoms with Gasteiger partial charge < -0.3 is 39.8 Å². The van der Waals surface area contributed by atoms with Gasteiger partial charge in [-0.3, -0.25) is 9.11 Å². The first-order chi connectivity index (χ1) is 14.1. The summed E-state index contributed by atoms with van der Waals surface area (Å²) < 4.78 is 76.6. The van der Waals surface area contributed by atoms with Crippen LogP contribution in [0.2, 0.25) is 0 Å². The molecule has 0 radical (unpaired) electrons. The summed E-state index contributed by atoms with van der Waals surface area (Å²) in [7, 11) is -10.4. The molecule has 1 rings (SSSR count). The first-order valence-corrected chi connectivity index (χ1v) is 10.7. The molecular weight excluding hydrogens is 478 g/mol. The molecule has 19 heteroatoms. The Kier molecular flexibility index (Phi) is 9.40. The lowest BCUT2D eigenvalue weighted by molar-refractivity contribution is -0.251. The van der Waals surface area contributed by atoms with E-state index in [2.05, 4.69) is 4.18 Å². The molecule has 0 fully saturated rings. The number of aliphatic hydroxyl groups excluding tert-OH is 4. The summed E-state index contributed by atoms with van der Waals surface area (Å²) in [6.45, 7) is -1.21. The first-order valence-electron chi connectivity index (χ1n) is 7.87. The van der Waals surface area contributed by atoms with Crippen LogP contribution in [0.3, 0.4) is 0 Å². The van der Waals surface area contributed by atoms with Gasteiger partial charge in [-0.05, 0) is 6.08 Å². The minimum absolute atomic E-state index is 0.246. The van der Waals surface area contributed by atoms with Gasteiger partial charge in [0, 0.05) is 0 Å². The van der Waals surface area contributed by atoms with Gasteiger partial charge in [0.25, 0.3) is 0 Å². The van der Waals surface area contributed by atoms with Crippen LogP contribution in [0.4, 0.5) is 0 Å². The zero-order valence-corrected chi connectivity index (χ0v) is 16.7. The molecule has 7 atom stereocenters. The number of aliphatic carboxylic acids is 1. The number of carbonyl (C=O) groups excluding carboxylic acids is 1. The van der Waals surface area contributed by atoms with Crippen LogP contribution in [0.15, 0.2) is 11.8 Å². The average Bonchev–Trinajstić information content (AvgIpc) is 2.63. The summed E-state index contributed by atoms with van der Waals surface area (Å²) in [5.41, 5.74) is 0. The van der Waals surface area contributed by atoms with Gasteiger partial charge in [-0.2, -0.15) is 21.6 Å². The molecule has 0 unspecified atom stereocenters.